The van der Waals surface area contributed by atoms with Crippen molar-refractivity contribution in [1.82, 2.24) is 9.55 Å². The molecule has 106 valence electrons. The van der Waals surface area contributed by atoms with Crippen LogP contribution in [0.1, 0.15) is 39.7 Å². The molecule has 0 amide bonds. The molecule has 1 aromatic heterocycles. The molecule has 2 heterocycles. The highest BCUT2D eigenvalue weighted by Gasteiger charge is 2.28. The van der Waals surface area contributed by atoms with Gasteiger partial charge >= 0.3 is 0 Å². The van der Waals surface area contributed by atoms with Crippen LogP contribution in [0.2, 0.25) is 0 Å². The summed E-state index contributed by atoms with van der Waals surface area (Å²) >= 11 is 0. The van der Waals surface area contributed by atoms with Crippen LogP contribution in [0, 0.1) is 5.92 Å². The molecule has 0 spiro atoms. The van der Waals surface area contributed by atoms with Gasteiger partial charge in [-0.2, -0.15) is 0 Å². The van der Waals surface area contributed by atoms with E-state index < -0.39 is 0 Å². The fourth-order valence-corrected chi connectivity index (χ4v) is 2.77. The van der Waals surface area contributed by atoms with E-state index in [1.165, 1.54) is 0 Å². The van der Waals surface area contributed by atoms with Gasteiger partial charge in [0.25, 0.3) is 5.56 Å². The molecule has 1 aromatic rings. The Morgan fingerprint density at radius 2 is 2.26 bits per heavy atom. The van der Waals surface area contributed by atoms with Crippen molar-refractivity contribution < 1.29 is 0 Å². The van der Waals surface area contributed by atoms with Crippen LogP contribution in [-0.2, 0) is 0 Å². The van der Waals surface area contributed by atoms with Gasteiger partial charge in [-0.15, -0.1) is 0 Å². The molecule has 0 saturated carbocycles. The lowest BCUT2D eigenvalue weighted by Gasteiger charge is -2.38. The van der Waals surface area contributed by atoms with Gasteiger partial charge in [0.2, 0.25) is 0 Å². The zero-order valence-electron chi connectivity index (χ0n) is 12.0. The Labute approximate surface area is 114 Å². The number of nitrogens with two attached hydrogens (primary N) is 1. The van der Waals surface area contributed by atoms with Crippen molar-refractivity contribution in [3.63, 3.8) is 0 Å². The summed E-state index contributed by atoms with van der Waals surface area (Å²) in [6.45, 7) is 7.69. The van der Waals surface area contributed by atoms with Crippen molar-refractivity contribution >= 4 is 5.82 Å². The second-order valence-corrected chi connectivity index (χ2v) is 5.77. The minimum absolute atomic E-state index is 0.00879. The Hall–Kier alpha value is -1.36. The molecular formula is C14H24N4O. The van der Waals surface area contributed by atoms with Crippen LogP contribution in [0.25, 0.3) is 0 Å². The van der Waals surface area contributed by atoms with Crippen molar-refractivity contribution in [3.05, 3.63) is 22.7 Å². The van der Waals surface area contributed by atoms with E-state index in [1.54, 1.807) is 17.0 Å². The molecule has 5 nitrogen and oxygen atoms in total. The highest BCUT2D eigenvalue weighted by molar-refractivity contribution is 5.38. The maximum Gasteiger partial charge on any atom is 0.293 e. The van der Waals surface area contributed by atoms with Crippen LogP contribution in [0.15, 0.2) is 17.2 Å². The molecule has 1 aliphatic heterocycles. The monoisotopic (exact) mass is 264 g/mol. The van der Waals surface area contributed by atoms with Crippen LogP contribution >= 0.6 is 0 Å². The van der Waals surface area contributed by atoms with Crippen molar-refractivity contribution in [2.45, 2.75) is 45.7 Å². The van der Waals surface area contributed by atoms with Crippen LogP contribution < -0.4 is 16.2 Å². The number of nitrogens with zero attached hydrogens (tertiary/aromatic N) is 3. The van der Waals surface area contributed by atoms with Crippen LogP contribution in [-0.4, -0.2) is 28.7 Å². The van der Waals surface area contributed by atoms with Gasteiger partial charge < -0.3 is 15.2 Å². The van der Waals surface area contributed by atoms with E-state index in [-0.39, 0.29) is 17.6 Å². The van der Waals surface area contributed by atoms with Gasteiger partial charge in [0.05, 0.1) is 0 Å². The number of hydrogen-bond donors (Lipinski definition) is 1. The topological polar surface area (TPSA) is 64.2 Å². The van der Waals surface area contributed by atoms with Crippen LogP contribution in [0.4, 0.5) is 5.82 Å². The Kier molecular flexibility index (Phi) is 4.24. The van der Waals surface area contributed by atoms with Gasteiger partial charge in [-0.05, 0) is 32.6 Å². The van der Waals surface area contributed by atoms with E-state index in [1.807, 2.05) is 13.8 Å². The van der Waals surface area contributed by atoms with Gasteiger partial charge in [0, 0.05) is 37.6 Å². The molecule has 1 fully saturated rings. The molecule has 0 radical (unpaired) electrons. The Morgan fingerprint density at radius 1 is 1.53 bits per heavy atom. The van der Waals surface area contributed by atoms with Crippen molar-refractivity contribution in [1.29, 1.82) is 0 Å². The standard InChI is InChI=1S/C14H24N4O/c1-10(2)17-7-5-16-13(14(17)19)18-6-4-11(3)8-12(18)9-15/h5,7,10-12H,4,6,8-9,15H2,1-3H3. The lowest BCUT2D eigenvalue weighted by Crippen LogP contribution is -2.49. The third-order valence-corrected chi connectivity index (χ3v) is 3.93. The predicted octanol–water partition coefficient (Wildman–Crippen LogP) is 1.39. The summed E-state index contributed by atoms with van der Waals surface area (Å²) in [6.07, 6.45) is 5.59. The molecule has 5 heteroatoms. The van der Waals surface area contributed by atoms with E-state index in [4.69, 9.17) is 5.73 Å². The normalized spacial score (nSPS) is 23.9. The summed E-state index contributed by atoms with van der Waals surface area (Å²) in [4.78, 5) is 18.9. The maximum atomic E-state index is 12.5. The smallest absolute Gasteiger partial charge is 0.293 e. The summed E-state index contributed by atoms with van der Waals surface area (Å²) in [6, 6.07) is 0.376. The molecule has 2 N–H and O–H groups in total. The fourth-order valence-electron chi connectivity index (χ4n) is 2.77. The van der Waals surface area contributed by atoms with E-state index in [2.05, 4.69) is 16.8 Å². The molecule has 2 atom stereocenters. The van der Waals surface area contributed by atoms with Gasteiger partial charge in [-0.25, -0.2) is 4.98 Å². The molecule has 0 aliphatic carbocycles. The molecule has 1 saturated heterocycles. The quantitative estimate of drug-likeness (QED) is 0.896. The minimum atomic E-state index is -0.00879. The van der Waals surface area contributed by atoms with Gasteiger partial charge in [0.15, 0.2) is 5.82 Å². The van der Waals surface area contributed by atoms with Crippen LogP contribution in [0.3, 0.4) is 0 Å². The van der Waals surface area contributed by atoms with Crippen molar-refractivity contribution in [3.8, 4) is 0 Å². The highest BCUT2D eigenvalue weighted by Crippen LogP contribution is 2.24. The number of aromatic nitrogens is 2. The zero-order valence-corrected chi connectivity index (χ0v) is 12.0. The summed E-state index contributed by atoms with van der Waals surface area (Å²) in [7, 11) is 0. The Bertz CT molecular complexity index is 483. The minimum Gasteiger partial charge on any atom is -0.348 e. The summed E-state index contributed by atoms with van der Waals surface area (Å²) < 4.78 is 1.73. The first kappa shape index (κ1) is 14.1. The predicted molar refractivity (Wildman–Crippen MR) is 77.5 cm³/mol. The molecule has 2 unspecified atom stereocenters. The first-order valence-electron chi connectivity index (χ1n) is 7.08. The SMILES string of the molecule is CC1CCN(c2nccn(C(C)C)c2=O)C(CN)C1. The average molecular weight is 264 g/mol. The Morgan fingerprint density at radius 3 is 2.89 bits per heavy atom. The Balaban J connectivity index is 2.36. The molecule has 0 bridgehead atoms. The number of rotatable bonds is 3. The molecule has 2 rings (SSSR count). The van der Waals surface area contributed by atoms with E-state index in [0.717, 1.165) is 19.4 Å². The van der Waals surface area contributed by atoms with Gasteiger partial charge in [0.1, 0.15) is 0 Å². The summed E-state index contributed by atoms with van der Waals surface area (Å²) in [5, 5.41) is 0. The lowest BCUT2D eigenvalue weighted by molar-refractivity contribution is 0.363. The molecule has 0 aromatic carbocycles. The van der Waals surface area contributed by atoms with E-state index >= 15 is 0 Å². The highest BCUT2D eigenvalue weighted by atomic mass is 16.1. The number of anilines is 1. The summed E-state index contributed by atoms with van der Waals surface area (Å²) in [5.41, 5.74) is 5.85. The maximum absolute atomic E-state index is 12.5. The third-order valence-electron chi connectivity index (χ3n) is 3.93. The average Bonchev–Trinajstić information content (AvgIpc) is 2.39. The first-order valence-corrected chi connectivity index (χ1v) is 7.08. The van der Waals surface area contributed by atoms with Gasteiger partial charge in [-0.1, -0.05) is 6.92 Å². The fraction of sp³-hybridized carbons (Fsp3) is 0.714. The second-order valence-electron chi connectivity index (χ2n) is 5.77. The molecule has 1 aliphatic rings. The van der Waals surface area contributed by atoms with Crippen molar-refractivity contribution in [2.75, 3.05) is 18.0 Å². The van der Waals surface area contributed by atoms with E-state index in [9.17, 15) is 4.79 Å². The van der Waals surface area contributed by atoms with Crippen LogP contribution in [0.5, 0.6) is 0 Å². The first-order chi connectivity index (χ1) is 9.04. The largest absolute Gasteiger partial charge is 0.348 e. The van der Waals surface area contributed by atoms with E-state index in [0.29, 0.717) is 18.3 Å². The number of hydrogen-bond acceptors (Lipinski definition) is 4. The lowest BCUT2D eigenvalue weighted by atomic mass is 9.92. The molecule has 19 heavy (non-hydrogen) atoms. The van der Waals surface area contributed by atoms with Gasteiger partial charge in [-0.3, -0.25) is 4.79 Å². The molecular weight excluding hydrogens is 240 g/mol. The second kappa shape index (κ2) is 5.74. The van der Waals surface area contributed by atoms with Crippen molar-refractivity contribution in [2.24, 2.45) is 11.7 Å². The zero-order chi connectivity index (χ0) is 14.0. The summed E-state index contributed by atoms with van der Waals surface area (Å²) in [5.74, 6) is 1.22. The number of piperidine rings is 1. The third kappa shape index (κ3) is 2.81.